The number of aromatic amines is 1. The molecular formula is C27H30FN5O2. The standard InChI is InChI=1S/C27H30FN5O2/c1-5-18-10-15(2)24-22-13-30-26-25(31-22)21(12-29-26)16(3)20-11-17(28)6-7-19(20)27(35)32(4)14-23(24)33(18)8-9-34/h6-7,10-13,16,18,34H,5,8-9,14H2,1-4H3,(H,29,30). The number of halogens is 1. The molecule has 2 N–H and O–H groups in total. The van der Waals surface area contributed by atoms with Crippen molar-refractivity contribution in [3.63, 3.8) is 0 Å². The van der Waals surface area contributed by atoms with Crippen LogP contribution >= 0.6 is 0 Å². The van der Waals surface area contributed by atoms with Gasteiger partial charge in [0.05, 0.1) is 25.0 Å². The van der Waals surface area contributed by atoms with Crippen LogP contribution in [0.5, 0.6) is 0 Å². The second kappa shape index (κ2) is 8.92. The maximum atomic E-state index is 14.4. The lowest BCUT2D eigenvalue weighted by atomic mass is 9.89. The van der Waals surface area contributed by atoms with E-state index >= 15 is 0 Å². The molecule has 0 saturated carbocycles. The predicted octanol–water partition coefficient (Wildman–Crippen LogP) is 4.08. The van der Waals surface area contributed by atoms with E-state index in [1.54, 1.807) is 24.2 Å². The number of carbonyl (C=O) groups is 1. The number of aliphatic hydroxyl groups is 1. The zero-order valence-electron chi connectivity index (χ0n) is 20.5. The van der Waals surface area contributed by atoms with Crippen LogP contribution in [0.1, 0.15) is 60.3 Å². The molecule has 2 atom stereocenters. The summed E-state index contributed by atoms with van der Waals surface area (Å²) in [4.78, 5) is 30.4. The molecule has 0 radical (unpaired) electrons. The lowest BCUT2D eigenvalue weighted by Gasteiger charge is -2.40. The third-order valence-corrected chi connectivity index (χ3v) is 7.21. The summed E-state index contributed by atoms with van der Waals surface area (Å²) in [6.07, 6.45) is 6.66. The minimum absolute atomic E-state index is 0.00980. The summed E-state index contributed by atoms with van der Waals surface area (Å²) in [5, 5.41) is 9.87. The van der Waals surface area contributed by atoms with Gasteiger partial charge < -0.3 is 19.9 Å². The molecule has 3 aromatic rings. The van der Waals surface area contributed by atoms with Crippen LogP contribution in [0.15, 0.2) is 47.9 Å². The Morgan fingerprint density at radius 2 is 2.09 bits per heavy atom. The summed E-state index contributed by atoms with van der Waals surface area (Å²) in [6.45, 7) is 6.88. The van der Waals surface area contributed by atoms with E-state index in [4.69, 9.17) is 4.98 Å². The van der Waals surface area contributed by atoms with Crippen LogP contribution in [-0.4, -0.2) is 68.6 Å². The molecule has 35 heavy (non-hydrogen) atoms. The SMILES string of the molecule is CCC1C=C(C)C2=C(CN(C)C(=O)c3ccc(F)cc3C(C)c3c[nH]c4ncc2nc34)N1CCO. The van der Waals surface area contributed by atoms with Crippen molar-refractivity contribution >= 4 is 22.6 Å². The molecule has 2 aliphatic heterocycles. The Morgan fingerprint density at radius 1 is 1.29 bits per heavy atom. The fraction of sp³-hybridized carbons (Fsp3) is 0.370. The van der Waals surface area contributed by atoms with Gasteiger partial charge in [-0.15, -0.1) is 0 Å². The zero-order chi connectivity index (χ0) is 24.9. The fourth-order valence-corrected chi connectivity index (χ4v) is 5.42. The predicted molar refractivity (Wildman–Crippen MR) is 133 cm³/mol. The van der Waals surface area contributed by atoms with Gasteiger partial charge >= 0.3 is 0 Å². The van der Waals surface area contributed by atoms with Gasteiger partial charge in [0.2, 0.25) is 0 Å². The van der Waals surface area contributed by atoms with Crippen molar-refractivity contribution in [3.8, 4) is 0 Å². The van der Waals surface area contributed by atoms with Gasteiger partial charge in [0.1, 0.15) is 11.3 Å². The summed E-state index contributed by atoms with van der Waals surface area (Å²) in [7, 11) is 1.76. The van der Waals surface area contributed by atoms with E-state index in [9.17, 15) is 14.3 Å². The molecule has 2 bridgehead atoms. The molecule has 8 heteroatoms. The number of benzene rings is 1. The molecule has 2 unspecified atom stereocenters. The molecular weight excluding hydrogens is 445 g/mol. The highest BCUT2D eigenvalue weighted by Gasteiger charge is 2.32. The first-order chi connectivity index (χ1) is 16.8. The van der Waals surface area contributed by atoms with E-state index in [1.807, 2.05) is 13.1 Å². The number of nitrogens with zero attached hydrogens (tertiary/aromatic N) is 4. The van der Waals surface area contributed by atoms with Crippen molar-refractivity contribution < 1.29 is 14.3 Å². The average Bonchev–Trinajstić information content (AvgIpc) is 3.27. The van der Waals surface area contributed by atoms with Gasteiger partial charge in [-0.05, 0) is 42.7 Å². The van der Waals surface area contributed by atoms with Gasteiger partial charge in [0.15, 0.2) is 5.65 Å². The number of allylic oxidation sites excluding steroid dienone is 2. The molecule has 4 heterocycles. The molecule has 1 aromatic carbocycles. The second-order valence-corrected chi connectivity index (χ2v) is 9.37. The first-order valence-electron chi connectivity index (χ1n) is 12.0. The first kappa shape index (κ1) is 23.2. The summed E-state index contributed by atoms with van der Waals surface area (Å²) in [5.74, 6) is -0.838. The van der Waals surface area contributed by atoms with Crippen molar-refractivity contribution in [1.82, 2.24) is 24.8 Å². The van der Waals surface area contributed by atoms with Gasteiger partial charge in [-0.25, -0.2) is 14.4 Å². The van der Waals surface area contributed by atoms with Crippen molar-refractivity contribution in [2.75, 3.05) is 26.7 Å². The van der Waals surface area contributed by atoms with E-state index < -0.39 is 0 Å². The van der Waals surface area contributed by atoms with Gasteiger partial charge in [0.25, 0.3) is 5.91 Å². The number of fused-ring (bicyclic) bond motifs is 3. The molecule has 0 saturated heterocycles. The minimum Gasteiger partial charge on any atom is -0.395 e. The van der Waals surface area contributed by atoms with Crippen LogP contribution in [-0.2, 0) is 0 Å². The van der Waals surface area contributed by atoms with Gasteiger partial charge in [0, 0.05) is 54.1 Å². The largest absolute Gasteiger partial charge is 0.395 e. The van der Waals surface area contributed by atoms with E-state index in [2.05, 4.69) is 34.8 Å². The Morgan fingerprint density at radius 3 is 2.83 bits per heavy atom. The number of aromatic nitrogens is 3. The Hall–Kier alpha value is -3.52. The Balaban J connectivity index is 1.82. The molecule has 0 spiro atoms. The first-order valence-corrected chi connectivity index (χ1v) is 12.0. The number of aliphatic hydroxyl groups excluding tert-OH is 1. The molecule has 0 fully saturated rings. The number of amides is 1. The number of hydrogen-bond acceptors (Lipinski definition) is 5. The number of likely N-dealkylation sites (N-methyl/N-ethyl adjacent to an activating group) is 1. The highest BCUT2D eigenvalue weighted by atomic mass is 19.1. The zero-order valence-corrected chi connectivity index (χ0v) is 20.5. The van der Waals surface area contributed by atoms with Crippen LogP contribution in [0.3, 0.4) is 0 Å². The Labute approximate surface area is 204 Å². The normalized spacial score (nSPS) is 20.5. The summed E-state index contributed by atoms with van der Waals surface area (Å²) in [5.41, 5.74) is 6.92. The summed E-state index contributed by atoms with van der Waals surface area (Å²) >= 11 is 0. The number of hydrogen-bond donors (Lipinski definition) is 2. The van der Waals surface area contributed by atoms with Gasteiger partial charge in [-0.2, -0.15) is 0 Å². The van der Waals surface area contributed by atoms with Gasteiger partial charge in [-0.1, -0.05) is 19.9 Å². The number of H-pyrrole nitrogens is 1. The number of carbonyl (C=O) groups excluding carboxylic acids is 1. The molecule has 182 valence electrons. The van der Waals surface area contributed by atoms with Gasteiger partial charge in [-0.3, -0.25) is 4.79 Å². The van der Waals surface area contributed by atoms with Crippen molar-refractivity contribution in [3.05, 3.63) is 76.1 Å². The quantitative estimate of drug-likeness (QED) is 0.596. The molecule has 2 aromatic heterocycles. The molecule has 1 amide bonds. The van der Waals surface area contributed by atoms with Crippen molar-refractivity contribution in [1.29, 1.82) is 0 Å². The molecule has 7 nitrogen and oxygen atoms in total. The van der Waals surface area contributed by atoms with Crippen LogP contribution < -0.4 is 0 Å². The maximum absolute atomic E-state index is 14.4. The van der Waals surface area contributed by atoms with E-state index in [-0.39, 0.29) is 30.3 Å². The lowest BCUT2D eigenvalue weighted by molar-refractivity contribution is 0.0789. The molecule has 5 rings (SSSR count). The maximum Gasteiger partial charge on any atom is 0.254 e. The highest BCUT2D eigenvalue weighted by molar-refractivity contribution is 5.97. The minimum atomic E-state index is -0.386. The number of nitrogens with one attached hydrogen (secondary N) is 1. The monoisotopic (exact) mass is 475 g/mol. The van der Waals surface area contributed by atoms with Crippen LogP contribution in [0.2, 0.25) is 0 Å². The summed E-state index contributed by atoms with van der Waals surface area (Å²) < 4.78 is 14.4. The average molecular weight is 476 g/mol. The second-order valence-electron chi connectivity index (χ2n) is 9.37. The number of rotatable bonds is 3. The Bertz CT molecular complexity index is 1380. The molecule has 0 aliphatic carbocycles. The highest BCUT2D eigenvalue weighted by Crippen LogP contribution is 2.38. The third-order valence-electron chi connectivity index (χ3n) is 7.21. The van der Waals surface area contributed by atoms with Crippen LogP contribution in [0, 0.1) is 5.82 Å². The van der Waals surface area contributed by atoms with E-state index in [0.717, 1.165) is 28.8 Å². The van der Waals surface area contributed by atoms with Crippen molar-refractivity contribution in [2.24, 2.45) is 0 Å². The topological polar surface area (TPSA) is 85.4 Å². The lowest BCUT2D eigenvalue weighted by Crippen LogP contribution is -2.43. The smallest absolute Gasteiger partial charge is 0.254 e. The van der Waals surface area contributed by atoms with Crippen LogP contribution in [0.25, 0.3) is 16.7 Å². The summed E-state index contributed by atoms with van der Waals surface area (Å²) in [6, 6.07) is 4.44. The van der Waals surface area contributed by atoms with Crippen molar-refractivity contribution in [2.45, 2.75) is 39.2 Å². The molecule has 2 aliphatic rings. The van der Waals surface area contributed by atoms with Crippen LogP contribution in [0.4, 0.5) is 4.39 Å². The third kappa shape index (κ3) is 3.82. The van der Waals surface area contributed by atoms with E-state index in [1.165, 1.54) is 12.1 Å². The number of β-amino-alcohol motifs (C(OH)–C–C–N with tert-alkyl or cyclic N) is 1. The van der Waals surface area contributed by atoms with E-state index in [0.29, 0.717) is 41.1 Å². The Kier molecular flexibility index (Phi) is 5.92. The fourth-order valence-electron chi connectivity index (χ4n) is 5.42.